The molecule has 3 rings (SSSR count). The molecule has 1 aromatic carbocycles. The first-order chi connectivity index (χ1) is 12.2. The number of fused-ring (bicyclic) bond motifs is 1. The highest BCUT2D eigenvalue weighted by molar-refractivity contribution is 9.10. The third-order valence-corrected chi connectivity index (χ3v) is 7.56. The summed E-state index contributed by atoms with van der Waals surface area (Å²) < 4.78 is 3.50. The third kappa shape index (κ3) is 3.18. The molecule has 9 heteroatoms. The number of nitrogens with one attached hydrogen (secondary N) is 1. The lowest BCUT2D eigenvalue weighted by Gasteiger charge is -2.49. The van der Waals surface area contributed by atoms with E-state index in [1.54, 1.807) is 13.8 Å². The number of hydrogen-bond donors (Lipinski definition) is 2. The maximum atomic E-state index is 12.6. The summed E-state index contributed by atoms with van der Waals surface area (Å²) in [6, 6.07) is 8.37. The number of carbonyl (C=O) groups is 3. The van der Waals surface area contributed by atoms with Crippen LogP contribution in [0.1, 0.15) is 19.4 Å². The van der Waals surface area contributed by atoms with Crippen molar-refractivity contribution in [1.82, 2.24) is 10.2 Å². The molecule has 2 N–H and O–H groups in total. The Labute approximate surface area is 163 Å². The van der Waals surface area contributed by atoms with Gasteiger partial charge in [-0.3, -0.25) is 4.79 Å². The smallest absolute Gasteiger partial charge is 0.407 e. The normalized spacial score (nSPS) is 28.9. The zero-order valence-electron chi connectivity index (χ0n) is 14.3. The summed E-state index contributed by atoms with van der Waals surface area (Å²) in [5, 5.41) is 11.7. The minimum absolute atomic E-state index is 0.0239. The molecule has 0 spiro atoms. The molecule has 7 nitrogen and oxygen atoms in total. The van der Waals surface area contributed by atoms with Crippen molar-refractivity contribution in [1.29, 1.82) is 0 Å². The van der Waals surface area contributed by atoms with Crippen LogP contribution < -0.4 is 5.32 Å². The molecule has 2 amide bonds. The number of carboxylic acids is 1. The summed E-state index contributed by atoms with van der Waals surface area (Å²) in [4.78, 5) is 37.4. The van der Waals surface area contributed by atoms with Crippen LogP contribution in [-0.2, 0) is 20.9 Å². The predicted molar refractivity (Wildman–Crippen MR) is 100 cm³/mol. The number of benzene rings is 1. The number of hydrogen-bond acceptors (Lipinski definition) is 5. The Morgan fingerprint density at radius 3 is 2.62 bits per heavy atom. The number of nitrogens with zero attached hydrogens (tertiary/aromatic N) is 1. The molecule has 2 heterocycles. The van der Waals surface area contributed by atoms with E-state index in [0.29, 0.717) is 0 Å². The zero-order chi connectivity index (χ0) is 19.1. The van der Waals surface area contributed by atoms with Crippen molar-refractivity contribution < 1.29 is 24.2 Å². The fourth-order valence-corrected chi connectivity index (χ4v) is 5.69. The van der Waals surface area contributed by atoms with E-state index in [1.165, 1.54) is 16.7 Å². The van der Waals surface area contributed by atoms with E-state index in [9.17, 15) is 19.5 Å². The highest BCUT2D eigenvalue weighted by Crippen LogP contribution is 2.57. The summed E-state index contributed by atoms with van der Waals surface area (Å²) >= 11 is 4.83. The van der Waals surface area contributed by atoms with Crippen molar-refractivity contribution in [2.45, 2.75) is 40.9 Å². The lowest BCUT2D eigenvalue weighted by molar-refractivity contribution is -0.160. The van der Waals surface area contributed by atoms with Crippen LogP contribution in [0.15, 0.2) is 30.3 Å². The lowest BCUT2D eigenvalue weighted by Crippen LogP contribution is -2.73. The van der Waals surface area contributed by atoms with Crippen LogP contribution in [0.2, 0.25) is 0 Å². The zero-order valence-corrected chi connectivity index (χ0v) is 16.7. The van der Waals surface area contributed by atoms with Crippen LogP contribution in [0.5, 0.6) is 0 Å². The van der Waals surface area contributed by atoms with E-state index < -0.39 is 27.2 Å². The Kier molecular flexibility index (Phi) is 4.96. The summed E-state index contributed by atoms with van der Waals surface area (Å²) in [5.41, 5.74) is 0.861. The number of rotatable bonds is 5. The molecular weight excluding hydrogens is 424 g/mol. The van der Waals surface area contributed by atoms with Gasteiger partial charge in [-0.05, 0) is 19.4 Å². The average Bonchev–Trinajstić information content (AvgIpc) is 2.88. The number of halogens is 1. The monoisotopic (exact) mass is 442 g/mol. The van der Waals surface area contributed by atoms with Crippen LogP contribution >= 0.6 is 27.7 Å². The summed E-state index contributed by atoms with van der Waals surface area (Å²) in [5.74, 6) is -1.36. The molecular formula is C17H19BrN2O5S. The number of alkyl carbamates (subject to hydrolysis) is 1. The standard InChI is InChI=1S/C17H19BrN2O5S/c1-16(2)11(12(21)22)20-13(23)17(18,14(20)26-16)9-19-15(24)25-8-10-6-4-3-5-7-10/h3-7,11,14H,8-9H2,1-2H3,(H,19,24)(H,21,22)/t11-,14+,17?/m0/s1. The first-order valence-electron chi connectivity index (χ1n) is 8.03. The van der Waals surface area contributed by atoms with Gasteiger partial charge in [-0.25, -0.2) is 9.59 Å². The van der Waals surface area contributed by atoms with Crippen LogP contribution in [0.4, 0.5) is 4.79 Å². The maximum Gasteiger partial charge on any atom is 0.407 e. The first-order valence-corrected chi connectivity index (χ1v) is 9.71. The Balaban J connectivity index is 1.58. The molecule has 140 valence electrons. The number of ether oxygens (including phenoxy) is 1. The van der Waals surface area contributed by atoms with Gasteiger partial charge in [0.1, 0.15) is 18.0 Å². The molecule has 1 aromatic rings. The quantitative estimate of drug-likeness (QED) is 0.535. The largest absolute Gasteiger partial charge is 0.480 e. The molecule has 0 aliphatic carbocycles. The molecule has 0 bridgehead atoms. The van der Waals surface area contributed by atoms with Gasteiger partial charge < -0.3 is 20.1 Å². The van der Waals surface area contributed by atoms with E-state index in [0.717, 1.165) is 5.56 Å². The van der Waals surface area contributed by atoms with Crippen molar-refractivity contribution in [3.8, 4) is 0 Å². The predicted octanol–water partition coefficient (Wildman–Crippen LogP) is 2.19. The van der Waals surface area contributed by atoms with E-state index in [4.69, 9.17) is 4.74 Å². The average molecular weight is 443 g/mol. The first kappa shape index (κ1) is 19.0. The van der Waals surface area contributed by atoms with Crippen molar-refractivity contribution in [2.24, 2.45) is 0 Å². The number of carbonyl (C=O) groups excluding carboxylic acids is 2. The Hall–Kier alpha value is -1.74. The maximum absolute atomic E-state index is 12.6. The van der Waals surface area contributed by atoms with Crippen molar-refractivity contribution >= 4 is 45.7 Å². The molecule has 26 heavy (non-hydrogen) atoms. The van der Waals surface area contributed by atoms with E-state index in [1.807, 2.05) is 30.3 Å². The molecule has 0 radical (unpaired) electrons. The fraction of sp³-hybridized carbons (Fsp3) is 0.471. The fourth-order valence-electron chi connectivity index (χ4n) is 3.23. The summed E-state index contributed by atoms with van der Waals surface area (Å²) in [7, 11) is 0. The lowest BCUT2D eigenvalue weighted by atomic mass is 9.91. The molecule has 2 fully saturated rings. The SMILES string of the molecule is CC1(C)S[C@H]2N(C(=O)C2(Br)CNC(=O)OCc2ccccc2)[C@H]1C(=O)O. The third-order valence-electron chi connectivity index (χ3n) is 4.52. The molecule has 2 saturated heterocycles. The van der Waals surface area contributed by atoms with Crippen LogP contribution in [0.25, 0.3) is 0 Å². The number of aliphatic carboxylic acids is 1. The molecule has 3 atom stereocenters. The summed E-state index contributed by atoms with van der Waals surface area (Å²) in [6.07, 6.45) is -0.629. The second kappa shape index (κ2) is 6.77. The van der Waals surface area contributed by atoms with Gasteiger partial charge in [0.15, 0.2) is 4.32 Å². The van der Waals surface area contributed by atoms with Gasteiger partial charge in [0.2, 0.25) is 5.91 Å². The van der Waals surface area contributed by atoms with Gasteiger partial charge in [-0.1, -0.05) is 46.3 Å². The van der Waals surface area contributed by atoms with Gasteiger partial charge in [-0.15, -0.1) is 11.8 Å². The number of alkyl halides is 1. The molecule has 0 aromatic heterocycles. The van der Waals surface area contributed by atoms with Crippen LogP contribution in [0.3, 0.4) is 0 Å². The molecule has 0 saturated carbocycles. The number of β-lactam (4-membered cyclic amide) rings is 1. The summed E-state index contributed by atoms with van der Waals surface area (Å²) in [6.45, 7) is 3.76. The van der Waals surface area contributed by atoms with Crippen molar-refractivity contribution in [3.63, 3.8) is 0 Å². The van der Waals surface area contributed by atoms with Crippen LogP contribution in [-0.4, -0.2) is 55.0 Å². The minimum Gasteiger partial charge on any atom is -0.480 e. The number of thioether (sulfide) groups is 1. The van der Waals surface area contributed by atoms with E-state index in [-0.39, 0.29) is 24.4 Å². The Morgan fingerprint density at radius 1 is 1.35 bits per heavy atom. The number of carboxylic acid groups (broad SMARTS) is 1. The molecule has 2 aliphatic rings. The van der Waals surface area contributed by atoms with E-state index >= 15 is 0 Å². The molecule has 1 unspecified atom stereocenters. The topological polar surface area (TPSA) is 95.9 Å². The number of amides is 2. The van der Waals surface area contributed by atoms with Crippen molar-refractivity contribution in [3.05, 3.63) is 35.9 Å². The van der Waals surface area contributed by atoms with E-state index in [2.05, 4.69) is 21.2 Å². The second-order valence-corrected chi connectivity index (χ2v) is 9.95. The van der Waals surface area contributed by atoms with Crippen LogP contribution in [0, 0.1) is 0 Å². The van der Waals surface area contributed by atoms with Gasteiger partial charge in [-0.2, -0.15) is 0 Å². The van der Waals surface area contributed by atoms with Gasteiger partial charge >= 0.3 is 12.1 Å². The Morgan fingerprint density at radius 2 is 2.00 bits per heavy atom. The minimum atomic E-state index is -1.02. The van der Waals surface area contributed by atoms with Gasteiger partial charge in [0.25, 0.3) is 0 Å². The van der Waals surface area contributed by atoms with Crippen molar-refractivity contribution in [2.75, 3.05) is 6.54 Å². The highest BCUT2D eigenvalue weighted by Gasteiger charge is 2.70. The second-order valence-electron chi connectivity index (χ2n) is 6.80. The Bertz CT molecular complexity index is 744. The van der Waals surface area contributed by atoms with Gasteiger partial charge in [0.05, 0.1) is 0 Å². The highest BCUT2D eigenvalue weighted by atomic mass is 79.9. The molecule has 2 aliphatic heterocycles. The van der Waals surface area contributed by atoms with Gasteiger partial charge in [0, 0.05) is 11.3 Å².